The lowest BCUT2D eigenvalue weighted by Crippen LogP contribution is -2.46. The topological polar surface area (TPSA) is 122 Å². The molecule has 5 N–H and O–H groups in total. The molecule has 2 aromatic carbocycles. The van der Waals surface area contributed by atoms with Crippen LogP contribution in [0.2, 0.25) is 5.02 Å². The second-order valence-electron chi connectivity index (χ2n) is 8.01. The summed E-state index contributed by atoms with van der Waals surface area (Å²) in [5.41, 5.74) is 7.56. The maximum Gasteiger partial charge on any atom is 0.274 e. The molecular formula is C24H24ClFN6O2. The Labute approximate surface area is 201 Å². The van der Waals surface area contributed by atoms with Crippen LogP contribution >= 0.6 is 11.6 Å². The number of benzene rings is 2. The third-order valence-corrected chi connectivity index (χ3v) is 5.75. The highest BCUT2D eigenvalue weighted by Gasteiger charge is 2.20. The van der Waals surface area contributed by atoms with E-state index < -0.39 is 17.6 Å². The maximum absolute atomic E-state index is 13.9. The van der Waals surface area contributed by atoms with Crippen molar-refractivity contribution in [3.63, 3.8) is 0 Å². The minimum Gasteiger partial charge on any atom is -0.382 e. The molecule has 1 aliphatic rings. The SMILES string of the molecule is Nc1ncc(-c2cccc(C(=O)NCc3cc(Cl)ccc3F)c2)nc1C(=O)NC1CCCNC1. The number of nitrogens with two attached hydrogens (primary N) is 1. The number of rotatable bonds is 6. The number of halogens is 2. The Bertz CT molecular complexity index is 1220. The zero-order valence-electron chi connectivity index (χ0n) is 18.3. The van der Waals surface area contributed by atoms with Crippen molar-refractivity contribution < 1.29 is 14.0 Å². The lowest BCUT2D eigenvalue weighted by Gasteiger charge is -2.23. The average Bonchev–Trinajstić information content (AvgIpc) is 2.85. The summed E-state index contributed by atoms with van der Waals surface area (Å²) >= 11 is 5.91. The molecule has 2 heterocycles. The largest absolute Gasteiger partial charge is 0.382 e. The van der Waals surface area contributed by atoms with Gasteiger partial charge in [-0.25, -0.2) is 14.4 Å². The number of hydrogen-bond donors (Lipinski definition) is 4. The predicted molar refractivity (Wildman–Crippen MR) is 128 cm³/mol. The van der Waals surface area contributed by atoms with Gasteiger partial charge in [0.05, 0.1) is 11.9 Å². The van der Waals surface area contributed by atoms with Crippen LogP contribution in [-0.4, -0.2) is 40.9 Å². The normalized spacial score (nSPS) is 15.5. The van der Waals surface area contributed by atoms with Gasteiger partial charge in [-0.15, -0.1) is 0 Å². The van der Waals surface area contributed by atoms with E-state index in [9.17, 15) is 14.0 Å². The van der Waals surface area contributed by atoms with E-state index in [0.29, 0.717) is 28.4 Å². The molecule has 0 aliphatic carbocycles. The molecule has 0 saturated carbocycles. The zero-order valence-corrected chi connectivity index (χ0v) is 19.0. The highest BCUT2D eigenvalue weighted by molar-refractivity contribution is 6.30. The van der Waals surface area contributed by atoms with E-state index >= 15 is 0 Å². The Balaban J connectivity index is 1.49. The van der Waals surface area contributed by atoms with E-state index in [4.69, 9.17) is 17.3 Å². The van der Waals surface area contributed by atoms with Crippen molar-refractivity contribution in [2.75, 3.05) is 18.8 Å². The van der Waals surface area contributed by atoms with Crippen molar-refractivity contribution in [1.29, 1.82) is 0 Å². The Morgan fingerprint density at radius 2 is 2.06 bits per heavy atom. The smallest absolute Gasteiger partial charge is 0.274 e. The monoisotopic (exact) mass is 482 g/mol. The minimum absolute atomic E-state index is 0.00228. The number of carbonyl (C=O) groups excluding carboxylic acids is 2. The van der Waals surface area contributed by atoms with Crippen molar-refractivity contribution >= 4 is 29.2 Å². The molecule has 4 rings (SSSR count). The van der Waals surface area contributed by atoms with Crippen LogP contribution in [0, 0.1) is 5.82 Å². The van der Waals surface area contributed by atoms with Gasteiger partial charge < -0.3 is 21.7 Å². The summed E-state index contributed by atoms with van der Waals surface area (Å²) in [6.07, 6.45) is 3.31. The third kappa shape index (κ3) is 5.67. The van der Waals surface area contributed by atoms with Gasteiger partial charge >= 0.3 is 0 Å². The fraction of sp³-hybridized carbons (Fsp3) is 0.250. The van der Waals surface area contributed by atoms with Crippen molar-refractivity contribution in [3.05, 3.63) is 76.3 Å². The standard InChI is InChI=1S/C24H24ClFN6O2/c25-17-6-7-19(26)16(10-17)11-30-23(33)15-4-1-3-14(9-15)20-13-29-22(27)21(32-20)24(34)31-18-5-2-8-28-12-18/h1,3-4,6-7,9-10,13,18,28H,2,5,8,11-12H2,(H2,27,29)(H,30,33)(H,31,34). The van der Waals surface area contributed by atoms with E-state index in [1.54, 1.807) is 24.3 Å². The number of carbonyl (C=O) groups is 2. The van der Waals surface area contributed by atoms with Crippen LogP contribution in [0.5, 0.6) is 0 Å². The molecule has 2 amide bonds. The van der Waals surface area contributed by atoms with E-state index in [1.165, 1.54) is 24.4 Å². The summed E-state index contributed by atoms with van der Waals surface area (Å²) in [4.78, 5) is 33.9. The molecule has 176 valence electrons. The van der Waals surface area contributed by atoms with E-state index in [1.807, 2.05) is 0 Å². The number of amides is 2. The molecule has 3 aromatic rings. The molecule has 1 fully saturated rings. The van der Waals surface area contributed by atoms with Crippen LogP contribution in [0.3, 0.4) is 0 Å². The number of nitrogens with zero attached hydrogens (tertiary/aromatic N) is 2. The third-order valence-electron chi connectivity index (χ3n) is 5.52. The summed E-state index contributed by atoms with van der Waals surface area (Å²) in [6, 6.07) is 10.9. The van der Waals surface area contributed by atoms with Crippen LogP contribution in [-0.2, 0) is 6.54 Å². The predicted octanol–water partition coefficient (Wildman–Crippen LogP) is 2.93. The summed E-state index contributed by atoms with van der Waals surface area (Å²) < 4.78 is 13.9. The molecule has 0 radical (unpaired) electrons. The van der Waals surface area contributed by atoms with Gasteiger partial charge in [0.1, 0.15) is 5.82 Å². The molecule has 0 spiro atoms. The van der Waals surface area contributed by atoms with Gasteiger partial charge in [-0.1, -0.05) is 23.7 Å². The van der Waals surface area contributed by atoms with Crippen LogP contribution in [0.25, 0.3) is 11.3 Å². The fourth-order valence-electron chi connectivity index (χ4n) is 3.71. The minimum atomic E-state index is -0.453. The van der Waals surface area contributed by atoms with Crippen molar-refractivity contribution in [2.45, 2.75) is 25.4 Å². The van der Waals surface area contributed by atoms with Gasteiger partial charge in [-0.05, 0) is 49.7 Å². The molecule has 0 bridgehead atoms. The first-order valence-corrected chi connectivity index (χ1v) is 11.2. The quantitative estimate of drug-likeness (QED) is 0.428. The Kier molecular flexibility index (Phi) is 7.34. The van der Waals surface area contributed by atoms with Crippen molar-refractivity contribution in [2.24, 2.45) is 0 Å². The Hall–Kier alpha value is -3.56. The van der Waals surface area contributed by atoms with Gasteiger partial charge in [0.2, 0.25) is 0 Å². The molecule has 34 heavy (non-hydrogen) atoms. The highest BCUT2D eigenvalue weighted by atomic mass is 35.5. The number of piperidine rings is 1. The van der Waals surface area contributed by atoms with Crippen LogP contribution in [0.4, 0.5) is 10.2 Å². The fourth-order valence-corrected chi connectivity index (χ4v) is 3.90. The van der Waals surface area contributed by atoms with Gasteiger partial charge in [0, 0.05) is 40.8 Å². The molecule has 1 unspecified atom stereocenters. The maximum atomic E-state index is 13.9. The average molecular weight is 483 g/mol. The first-order chi connectivity index (χ1) is 16.4. The Morgan fingerprint density at radius 3 is 2.85 bits per heavy atom. The second kappa shape index (κ2) is 10.6. The molecule has 1 aliphatic heterocycles. The van der Waals surface area contributed by atoms with Crippen LogP contribution in [0.1, 0.15) is 39.3 Å². The lowest BCUT2D eigenvalue weighted by atomic mass is 10.1. The molecule has 8 nitrogen and oxygen atoms in total. The lowest BCUT2D eigenvalue weighted by molar-refractivity contribution is 0.0923. The molecular weight excluding hydrogens is 459 g/mol. The van der Waals surface area contributed by atoms with Crippen molar-refractivity contribution in [3.8, 4) is 11.3 Å². The number of anilines is 1. The van der Waals surface area contributed by atoms with Gasteiger partial charge in [0.15, 0.2) is 11.5 Å². The summed E-state index contributed by atoms with van der Waals surface area (Å²) in [5.74, 6) is -1.21. The van der Waals surface area contributed by atoms with Gasteiger partial charge in [-0.2, -0.15) is 0 Å². The summed E-state index contributed by atoms with van der Waals surface area (Å²) in [6.45, 7) is 1.61. The van der Waals surface area contributed by atoms with Crippen LogP contribution in [0.15, 0.2) is 48.7 Å². The van der Waals surface area contributed by atoms with Gasteiger partial charge in [0.25, 0.3) is 11.8 Å². The number of nitrogens with one attached hydrogen (secondary N) is 3. The number of nitrogen functional groups attached to an aromatic ring is 1. The van der Waals surface area contributed by atoms with Crippen LogP contribution < -0.4 is 21.7 Å². The first kappa shape index (κ1) is 23.6. The molecule has 1 saturated heterocycles. The number of aromatic nitrogens is 2. The summed E-state index contributed by atoms with van der Waals surface area (Å²) in [5, 5.41) is 9.24. The van der Waals surface area contributed by atoms with E-state index in [0.717, 1.165) is 19.4 Å². The summed E-state index contributed by atoms with van der Waals surface area (Å²) in [7, 11) is 0. The second-order valence-corrected chi connectivity index (χ2v) is 8.44. The number of hydrogen-bond acceptors (Lipinski definition) is 6. The molecule has 1 atom stereocenters. The van der Waals surface area contributed by atoms with Gasteiger partial charge in [-0.3, -0.25) is 9.59 Å². The first-order valence-electron chi connectivity index (χ1n) is 10.9. The highest BCUT2D eigenvalue weighted by Crippen LogP contribution is 2.21. The molecule has 10 heteroatoms. The van der Waals surface area contributed by atoms with E-state index in [2.05, 4.69) is 25.9 Å². The van der Waals surface area contributed by atoms with Crippen molar-refractivity contribution in [1.82, 2.24) is 25.9 Å². The zero-order chi connectivity index (χ0) is 24.1. The Morgan fingerprint density at radius 1 is 1.21 bits per heavy atom. The van der Waals surface area contributed by atoms with E-state index in [-0.39, 0.29) is 29.7 Å². The molecule has 1 aromatic heterocycles.